The SMILES string of the molecule is CCCCOc1cccc(C2C(=C(O)c3ccc(F)cc3)C(=O)C(=O)N2CCCn2ccnc2)c1. The number of carbonyl (C=O) groups excluding carboxylic acids is 2. The van der Waals surface area contributed by atoms with Gasteiger partial charge >= 0.3 is 0 Å². The Hall–Kier alpha value is -3.94. The molecule has 1 atom stereocenters. The number of hydrogen-bond acceptors (Lipinski definition) is 5. The van der Waals surface area contributed by atoms with E-state index in [0.717, 1.165) is 12.8 Å². The van der Waals surface area contributed by atoms with Gasteiger partial charge < -0.3 is 19.3 Å². The van der Waals surface area contributed by atoms with Crippen LogP contribution in [0.15, 0.2) is 72.8 Å². The number of nitrogens with zero attached hydrogens (tertiary/aromatic N) is 3. The maximum atomic E-state index is 13.5. The molecule has 1 fully saturated rings. The van der Waals surface area contributed by atoms with E-state index < -0.39 is 23.5 Å². The molecule has 3 aromatic rings. The number of halogens is 1. The van der Waals surface area contributed by atoms with Crippen LogP contribution < -0.4 is 4.74 Å². The summed E-state index contributed by atoms with van der Waals surface area (Å²) >= 11 is 0. The Morgan fingerprint density at radius 3 is 2.63 bits per heavy atom. The van der Waals surface area contributed by atoms with Gasteiger partial charge in [-0.25, -0.2) is 9.37 Å². The van der Waals surface area contributed by atoms with Crippen molar-refractivity contribution >= 4 is 17.4 Å². The van der Waals surface area contributed by atoms with Gasteiger partial charge in [0.25, 0.3) is 11.7 Å². The number of imidazole rings is 1. The first-order chi connectivity index (χ1) is 17.0. The van der Waals surface area contributed by atoms with Crippen LogP contribution in [-0.2, 0) is 16.1 Å². The normalized spacial score (nSPS) is 17.2. The quantitative estimate of drug-likeness (QED) is 0.198. The summed E-state index contributed by atoms with van der Waals surface area (Å²) in [4.78, 5) is 31.7. The molecule has 35 heavy (non-hydrogen) atoms. The monoisotopic (exact) mass is 477 g/mol. The fourth-order valence-corrected chi connectivity index (χ4v) is 4.17. The average Bonchev–Trinajstić information content (AvgIpc) is 3.47. The molecule has 8 heteroatoms. The minimum Gasteiger partial charge on any atom is -0.507 e. The Labute approximate surface area is 203 Å². The van der Waals surface area contributed by atoms with Gasteiger partial charge in [0.15, 0.2) is 0 Å². The van der Waals surface area contributed by atoms with Crippen molar-refractivity contribution in [3.8, 4) is 5.75 Å². The highest BCUT2D eigenvalue weighted by atomic mass is 19.1. The number of Topliss-reactive ketones (excluding diaryl/α,β-unsaturated/α-hetero) is 1. The number of unbranched alkanes of at least 4 members (excludes halogenated alkanes) is 1. The number of ether oxygens (including phenoxy) is 1. The van der Waals surface area contributed by atoms with E-state index in [-0.39, 0.29) is 16.9 Å². The molecule has 4 rings (SSSR count). The van der Waals surface area contributed by atoms with Crippen molar-refractivity contribution in [3.63, 3.8) is 0 Å². The lowest BCUT2D eigenvalue weighted by Gasteiger charge is -2.26. The van der Waals surface area contributed by atoms with Crippen LogP contribution in [0.4, 0.5) is 4.39 Å². The minimum atomic E-state index is -0.794. The summed E-state index contributed by atoms with van der Waals surface area (Å²) in [6.45, 7) is 3.55. The van der Waals surface area contributed by atoms with Gasteiger partial charge in [0.1, 0.15) is 17.3 Å². The second-order valence-corrected chi connectivity index (χ2v) is 8.43. The first-order valence-corrected chi connectivity index (χ1v) is 11.7. The number of aromatic nitrogens is 2. The number of likely N-dealkylation sites (tertiary alicyclic amines) is 1. The van der Waals surface area contributed by atoms with Crippen molar-refractivity contribution < 1.29 is 23.8 Å². The number of ketones is 1. The van der Waals surface area contributed by atoms with Crippen molar-refractivity contribution in [1.29, 1.82) is 0 Å². The van der Waals surface area contributed by atoms with E-state index in [0.29, 0.717) is 37.4 Å². The maximum absolute atomic E-state index is 13.5. The molecule has 2 aromatic carbocycles. The maximum Gasteiger partial charge on any atom is 0.295 e. The topological polar surface area (TPSA) is 84.7 Å². The summed E-state index contributed by atoms with van der Waals surface area (Å²) in [5.41, 5.74) is 0.905. The van der Waals surface area contributed by atoms with E-state index in [1.54, 1.807) is 24.7 Å². The second-order valence-electron chi connectivity index (χ2n) is 8.43. The van der Waals surface area contributed by atoms with Crippen LogP contribution in [0.25, 0.3) is 5.76 Å². The van der Waals surface area contributed by atoms with Crippen LogP contribution in [0.3, 0.4) is 0 Å². The van der Waals surface area contributed by atoms with Gasteiger partial charge in [-0.05, 0) is 54.8 Å². The molecule has 1 aromatic heterocycles. The molecule has 1 aliphatic rings. The zero-order valence-corrected chi connectivity index (χ0v) is 19.6. The number of aryl methyl sites for hydroxylation is 1. The van der Waals surface area contributed by atoms with Crippen LogP contribution in [0.5, 0.6) is 5.75 Å². The van der Waals surface area contributed by atoms with E-state index in [4.69, 9.17) is 4.74 Å². The zero-order valence-electron chi connectivity index (χ0n) is 19.6. The molecule has 0 bridgehead atoms. The second kappa shape index (κ2) is 11.0. The van der Waals surface area contributed by atoms with Crippen molar-refractivity contribution in [2.75, 3.05) is 13.2 Å². The number of hydrogen-bond donors (Lipinski definition) is 1. The number of aliphatic hydroxyl groups is 1. The first kappa shape index (κ1) is 24.2. The highest BCUT2D eigenvalue weighted by Gasteiger charge is 2.45. The van der Waals surface area contributed by atoms with Crippen LogP contribution >= 0.6 is 0 Å². The molecule has 7 nitrogen and oxygen atoms in total. The fraction of sp³-hybridized carbons (Fsp3) is 0.296. The summed E-state index contributed by atoms with van der Waals surface area (Å²) < 4.78 is 21.2. The first-order valence-electron chi connectivity index (χ1n) is 11.7. The molecule has 1 saturated heterocycles. The predicted molar refractivity (Wildman–Crippen MR) is 129 cm³/mol. The van der Waals surface area contributed by atoms with Crippen LogP contribution in [0, 0.1) is 5.82 Å². The van der Waals surface area contributed by atoms with Crippen LogP contribution in [0.1, 0.15) is 43.4 Å². The van der Waals surface area contributed by atoms with Crippen LogP contribution in [0.2, 0.25) is 0 Å². The molecule has 0 spiro atoms. The summed E-state index contributed by atoms with van der Waals surface area (Å²) in [5.74, 6) is -1.61. The Balaban J connectivity index is 1.71. The smallest absolute Gasteiger partial charge is 0.295 e. The Morgan fingerprint density at radius 1 is 1.11 bits per heavy atom. The van der Waals surface area contributed by atoms with E-state index >= 15 is 0 Å². The number of aliphatic hydroxyl groups excluding tert-OH is 1. The molecule has 0 radical (unpaired) electrons. The van der Waals surface area contributed by atoms with Crippen molar-refractivity contribution in [1.82, 2.24) is 14.5 Å². The highest BCUT2D eigenvalue weighted by Crippen LogP contribution is 2.40. The van der Waals surface area contributed by atoms with E-state index in [9.17, 15) is 19.1 Å². The van der Waals surface area contributed by atoms with Crippen molar-refractivity contribution in [2.24, 2.45) is 0 Å². The van der Waals surface area contributed by atoms with Crippen molar-refractivity contribution in [2.45, 2.75) is 38.8 Å². The van der Waals surface area contributed by atoms with Gasteiger partial charge in [-0.3, -0.25) is 9.59 Å². The lowest BCUT2D eigenvalue weighted by Crippen LogP contribution is -2.31. The Morgan fingerprint density at radius 2 is 1.91 bits per heavy atom. The van der Waals surface area contributed by atoms with Gasteiger partial charge in [-0.15, -0.1) is 0 Å². The molecule has 1 N–H and O–H groups in total. The molecular formula is C27H28FN3O4. The summed E-state index contributed by atoms with van der Waals surface area (Å²) in [7, 11) is 0. The van der Waals surface area contributed by atoms with E-state index in [1.807, 2.05) is 22.9 Å². The molecule has 1 unspecified atom stereocenters. The molecule has 1 aliphatic heterocycles. The summed E-state index contributed by atoms with van der Waals surface area (Å²) in [6.07, 6.45) is 7.69. The van der Waals surface area contributed by atoms with Gasteiger partial charge in [0.05, 0.1) is 24.5 Å². The summed E-state index contributed by atoms with van der Waals surface area (Å²) in [5, 5.41) is 11.1. The van der Waals surface area contributed by atoms with Gasteiger partial charge in [-0.2, -0.15) is 0 Å². The number of amides is 1. The third-order valence-electron chi connectivity index (χ3n) is 5.97. The highest BCUT2D eigenvalue weighted by molar-refractivity contribution is 6.46. The molecule has 0 aliphatic carbocycles. The van der Waals surface area contributed by atoms with Crippen molar-refractivity contribution in [3.05, 3.63) is 89.8 Å². The lowest BCUT2D eigenvalue weighted by atomic mass is 9.95. The molecular weight excluding hydrogens is 449 g/mol. The fourth-order valence-electron chi connectivity index (χ4n) is 4.17. The Kier molecular flexibility index (Phi) is 7.60. The number of benzene rings is 2. The average molecular weight is 478 g/mol. The number of rotatable bonds is 10. The standard InChI is InChI=1S/C27H28FN3O4/c1-2-3-16-35-22-7-4-6-20(17-22)24-23(25(32)19-8-10-21(28)11-9-19)26(33)27(34)31(24)14-5-13-30-15-12-29-18-30/h4,6-12,15,17-18,24,32H,2-3,5,13-14,16H2,1H3. The summed E-state index contributed by atoms with van der Waals surface area (Å²) in [6, 6.07) is 11.6. The predicted octanol–water partition coefficient (Wildman–Crippen LogP) is 4.71. The van der Waals surface area contributed by atoms with Gasteiger partial charge in [-0.1, -0.05) is 25.5 Å². The minimum absolute atomic E-state index is 0.0186. The molecule has 182 valence electrons. The van der Waals surface area contributed by atoms with Crippen LogP contribution in [-0.4, -0.2) is 44.4 Å². The molecule has 1 amide bonds. The Bertz CT molecular complexity index is 1210. The lowest BCUT2D eigenvalue weighted by molar-refractivity contribution is -0.139. The van der Waals surface area contributed by atoms with Gasteiger partial charge in [0, 0.05) is 31.0 Å². The van der Waals surface area contributed by atoms with Gasteiger partial charge in [0.2, 0.25) is 0 Å². The molecule has 2 heterocycles. The molecule has 0 saturated carbocycles. The zero-order chi connectivity index (χ0) is 24.8. The van der Waals surface area contributed by atoms with E-state index in [1.165, 1.54) is 29.2 Å². The number of carbonyl (C=O) groups is 2. The largest absolute Gasteiger partial charge is 0.507 e. The third kappa shape index (κ3) is 5.42. The third-order valence-corrected chi connectivity index (χ3v) is 5.97. The van der Waals surface area contributed by atoms with E-state index in [2.05, 4.69) is 11.9 Å².